The molecule has 712 valence electrons. The molecular weight excluding hydrogens is 1650 g/mol. The van der Waals surface area contributed by atoms with Gasteiger partial charge in [-0.15, -0.1) is 0 Å². The van der Waals surface area contributed by atoms with Gasteiger partial charge in [0, 0.05) is 73.0 Å². The molecular formula is C88H202N2O18Si10. The van der Waals surface area contributed by atoms with E-state index in [0.29, 0.717) is 149 Å². The van der Waals surface area contributed by atoms with Crippen LogP contribution in [0, 0.1) is 10.8 Å². The average Bonchev–Trinajstić information content (AvgIpc) is 0.846. The molecule has 20 nitrogen and oxygen atoms in total. The lowest BCUT2D eigenvalue weighted by molar-refractivity contribution is -0.120. The van der Waals surface area contributed by atoms with Crippen molar-refractivity contribution in [2.75, 3.05) is 13.1 Å². The van der Waals surface area contributed by atoms with Crippen LogP contribution in [-0.4, -0.2) is 218 Å². The predicted molar refractivity (Wildman–Crippen MR) is 525 cm³/mol. The third-order valence-electron chi connectivity index (χ3n) is 25.2. The van der Waals surface area contributed by atoms with Crippen LogP contribution in [0.4, 0.5) is 0 Å². The Morgan fingerprint density at radius 1 is 0.254 bits per heavy atom. The number of hydrogen-bond acceptors (Lipinski definition) is 18. The quantitative estimate of drug-likeness (QED) is 0.0252. The van der Waals surface area contributed by atoms with E-state index in [0.717, 1.165) is 251 Å². The highest BCUT2D eigenvalue weighted by Gasteiger charge is 2.41. The second-order valence-corrected chi connectivity index (χ2v) is 71.3. The van der Waals surface area contributed by atoms with Gasteiger partial charge >= 0.3 is 43.8 Å². The van der Waals surface area contributed by atoms with Gasteiger partial charge in [0.05, 0.1) is 51.6 Å². The number of aliphatic hydroxyl groups is 2. The van der Waals surface area contributed by atoms with E-state index >= 15 is 0 Å². The number of carbonyl (C=O) groups excluding carboxylic acids is 2. The standard InChI is InChI=1S/C40H87NOSi3.C26H58OSi2.C14H35NO9Si3.C8H22O7Si2/c1-11-26-43(27-12-2,28-13-3)35-20-23-40(38-41-39(10)42,24-21-36-44(29-14-4,30-15-5)31-16-6)25-22-37-45(32-17-7,33-18-8)34-19-9;1-8-18-28(19-9-2,20-10-3)24-14-16-26(7,27)17-15-25-29(21-11-4,22-12-5)23-13-6;1-13(16)15-12-14(6-3-9-25(2,17)18,7-4-10-26(19,20)21)8-5-11-27(22,23)24;1-8(9,4-2-6-16(10,11)12)5-3-7-17(13,14)15/h11-38H2,1-10H3,(H,41,42);27H,8-25H2,1-7H3;17-24H,3-12H2,1-2H3,(H,15,16);9-15H,2-7H2,1H3/i1T,2T,3T,4T,5T,6T,7T,8T,9T;1T,2T,3T,4T,5T,6T;2T,17T,18T,19T,20T,21T,22T,23T,24T;10T,11T,12T,13T,14T,15T. The third-order valence-corrected chi connectivity index (χ3v) is 58.4. The van der Waals surface area contributed by atoms with Crippen LogP contribution >= 0.6 is 0 Å². The van der Waals surface area contributed by atoms with Crippen molar-refractivity contribution >= 4 is 96.0 Å². The minimum Gasteiger partial charge on any atom is -0.411 e. The minimum atomic E-state index is -3.84. The second kappa shape index (κ2) is 66.8. The normalized spacial score (nSPS) is 16.7. The molecule has 0 aliphatic rings. The predicted octanol–water partition coefficient (Wildman–Crippen LogP) is 20.6. The summed E-state index contributed by atoms with van der Waals surface area (Å²) in [5.74, 6) is -0.290. The molecule has 118 heavy (non-hydrogen) atoms. The van der Waals surface area contributed by atoms with E-state index in [4.69, 9.17) is 42.0 Å². The van der Waals surface area contributed by atoms with Gasteiger partial charge in [-0.2, -0.15) is 0 Å². The fourth-order valence-electron chi connectivity index (χ4n) is 19.2. The number of nitrogens with one attached hydrogen (secondary N) is 2. The van der Waals surface area contributed by atoms with Crippen molar-refractivity contribution in [2.45, 2.75) is 525 Å². The molecule has 0 bridgehead atoms. The Balaban J connectivity index is -0.000000974. The number of hydrogen-bond donors (Lipinski definition) is 18. The molecule has 0 spiro atoms. The summed E-state index contributed by atoms with van der Waals surface area (Å²) in [6.07, 6.45) is 27.2. The van der Waals surface area contributed by atoms with E-state index in [2.05, 4.69) is 77.8 Å². The zero-order chi connectivity index (χ0) is 113. The minimum absolute atomic E-state index is 0.0135. The van der Waals surface area contributed by atoms with E-state index in [1.807, 2.05) is 6.92 Å². The van der Waals surface area contributed by atoms with Gasteiger partial charge in [-0.1, -0.05) is 359 Å². The molecule has 0 saturated heterocycles. The van der Waals surface area contributed by atoms with Gasteiger partial charge in [0.1, 0.15) is 0 Å². The topological polar surface area (TPSA) is 382 Å². The van der Waals surface area contributed by atoms with E-state index in [-0.39, 0.29) is 86.2 Å². The van der Waals surface area contributed by atoms with Crippen LogP contribution < -0.4 is 10.6 Å². The van der Waals surface area contributed by atoms with Gasteiger partial charge in [0.15, 0.2) is 20.0 Å². The van der Waals surface area contributed by atoms with Crippen molar-refractivity contribution in [3.05, 3.63) is 0 Å². The summed E-state index contributed by atoms with van der Waals surface area (Å²) in [6, 6.07) is 23.0. The molecule has 0 aromatic heterocycles. The van der Waals surface area contributed by atoms with Gasteiger partial charge in [-0.05, 0) is 127 Å². The van der Waals surface area contributed by atoms with Crippen LogP contribution in [0.1, 0.15) is 378 Å². The van der Waals surface area contributed by atoms with E-state index < -0.39 is 101 Å². The third kappa shape index (κ3) is 66.8. The molecule has 0 aromatic rings. The van der Waals surface area contributed by atoms with Crippen molar-refractivity contribution in [3.63, 3.8) is 0 Å². The molecule has 18 N–H and O–H groups in total. The summed E-state index contributed by atoms with van der Waals surface area (Å²) >= 11 is 0. The number of carbonyl (C=O) groups is 2. The van der Waals surface area contributed by atoms with Crippen LogP contribution in [0.3, 0.4) is 0 Å². The Bertz CT molecular complexity index is 2680. The molecule has 2 amide bonds. The SMILES string of the molecule is [3H]CCC[Si](CCC[3H])(CCC[3H])CCCC(C)(O)CCC[Si](CCC[3H])(CCC[3H])CCC[3H].[3H]CCC[Si](CCC[3H])(CCC[3H])CCCC(CCC[Si](CCC[3H])(CCC[3H])CCC[3H])(CCC[Si](CCC[3H])(CCC[3H])CCC[3H])CNC(C)=O.[3H]C[Si](CCCC(CCC[Si](O[3H])(O[3H])O[3H])(CCC[Si](O[3H])(O[3H])O[3H])CNC(C)=O)(O[3H])O[3H].[3H]O[Si](CCCC(C)(O)CCC[Si](O[3H])(O[3H])O[3H])(O[3H])O[3H]. The first kappa shape index (κ1) is 78.3. The molecule has 0 unspecified atom stereocenters. The van der Waals surface area contributed by atoms with Crippen molar-refractivity contribution in [2.24, 2.45) is 10.8 Å². The Kier molecular flexibility index (Phi) is 44.3. The maximum absolute atomic E-state index is 12.6. The fraction of sp³-hybridized carbons (Fsp3) is 0.977. The van der Waals surface area contributed by atoms with Crippen LogP contribution in [0.15, 0.2) is 0 Å². The maximum Gasteiger partial charge on any atom is 0.492 e. The summed E-state index contributed by atoms with van der Waals surface area (Å²) < 4.78 is 223. The smallest absolute Gasteiger partial charge is 0.411 e. The highest BCUT2D eigenvalue weighted by molar-refractivity contribution is 6.81. The number of rotatable bonds is 88. The summed E-state index contributed by atoms with van der Waals surface area (Å²) in [6.45, 7) is 13.9. The molecule has 0 atom stereocenters. The Hall–Kier alpha value is 0.469. The van der Waals surface area contributed by atoms with Gasteiger partial charge in [-0.25, -0.2) is 0 Å². The van der Waals surface area contributed by atoms with Crippen molar-refractivity contribution in [1.29, 1.82) is 20.0 Å². The largest absolute Gasteiger partial charge is 0.492 e. The zero-order valence-corrected chi connectivity index (χ0v) is 85.6. The maximum atomic E-state index is 12.6. The van der Waals surface area contributed by atoms with Gasteiger partial charge in [0.25, 0.3) is 0 Å². The summed E-state index contributed by atoms with van der Waals surface area (Å²) in [5.41, 5.74) is -2.53. The summed E-state index contributed by atoms with van der Waals surface area (Å²) in [4.78, 5) is 85.1. The van der Waals surface area contributed by atoms with Crippen molar-refractivity contribution in [1.82, 2.24) is 10.6 Å². The van der Waals surface area contributed by atoms with Crippen LogP contribution in [-0.2, 0) is 9.59 Å². The van der Waals surface area contributed by atoms with Crippen LogP contribution in [0.5, 0.6) is 0 Å². The molecule has 0 rings (SSSR count). The average molecular weight is 1920 g/mol. The first-order valence-electron chi connectivity index (χ1n) is 62.4. The first-order chi connectivity index (χ1) is 70.7. The number of amides is 2. The lowest BCUT2D eigenvalue weighted by Crippen LogP contribution is -2.40. The lowest BCUT2D eigenvalue weighted by Gasteiger charge is -2.40. The second-order valence-electron chi connectivity index (χ2n) is 36.5. The molecule has 0 aliphatic heterocycles. The highest BCUT2D eigenvalue weighted by atomic mass is 28.4. The van der Waals surface area contributed by atoms with E-state index in [1.54, 1.807) is 13.8 Å². The van der Waals surface area contributed by atoms with Crippen molar-refractivity contribution in [3.8, 4) is 0 Å². The molecule has 30 heteroatoms. The van der Waals surface area contributed by atoms with Crippen LogP contribution in [0.2, 0.25) is 158 Å². The lowest BCUT2D eigenvalue weighted by atomic mass is 9.75. The van der Waals surface area contributed by atoms with E-state index in [1.165, 1.54) is 37.1 Å². The first-order valence-corrected chi connectivity index (χ1v) is 69.5. The fourth-order valence-corrected chi connectivity index (χ4v) is 45.7. The summed E-state index contributed by atoms with van der Waals surface area (Å²) in [7, 11) is -26.7. The Labute approximate surface area is 781 Å². The van der Waals surface area contributed by atoms with Gasteiger partial charge < -0.3 is 88.0 Å². The summed E-state index contributed by atoms with van der Waals surface area (Å²) in [5, 5.41) is 27.5. The van der Waals surface area contributed by atoms with Crippen LogP contribution in [0.25, 0.3) is 0 Å². The van der Waals surface area contributed by atoms with Gasteiger partial charge in [0.2, 0.25) is 11.8 Å². The zero-order valence-electron chi connectivity index (χ0n) is 106. The highest BCUT2D eigenvalue weighted by Crippen LogP contribution is 2.45. The molecule has 0 fully saturated rings. The molecule has 0 aromatic carbocycles. The van der Waals surface area contributed by atoms with Gasteiger partial charge in [-0.3, -0.25) is 9.59 Å². The monoisotopic (exact) mass is 1920 g/mol. The molecule has 0 heterocycles. The molecule has 0 radical (unpaired) electrons. The van der Waals surface area contributed by atoms with Crippen molar-refractivity contribution < 1.29 is 109 Å². The van der Waals surface area contributed by atoms with E-state index in [9.17, 15) is 19.8 Å². The Morgan fingerprint density at radius 3 is 0.585 bits per heavy atom. The molecule has 0 saturated carbocycles. The Morgan fingerprint density at radius 2 is 0.424 bits per heavy atom. The molecule has 0 aliphatic carbocycles.